The number of ether oxygens (including phenoxy) is 1. The van der Waals surface area contributed by atoms with Gasteiger partial charge >= 0.3 is 5.97 Å². The zero-order chi connectivity index (χ0) is 15.6. The molecule has 0 aromatic heterocycles. The van der Waals surface area contributed by atoms with Crippen molar-refractivity contribution < 1.29 is 28.2 Å². The van der Waals surface area contributed by atoms with Gasteiger partial charge in [-0.05, 0) is 37.5 Å². The van der Waals surface area contributed by atoms with E-state index in [1.54, 1.807) is 0 Å². The number of benzene rings is 1. The maximum atomic E-state index is 12.4. The van der Waals surface area contributed by atoms with Crippen molar-refractivity contribution in [1.82, 2.24) is 4.72 Å². The number of hydrogen-bond acceptors (Lipinski definition) is 5. The third-order valence-corrected chi connectivity index (χ3v) is 4.96. The van der Waals surface area contributed by atoms with Crippen LogP contribution < -0.4 is 4.72 Å². The highest BCUT2D eigenvalue weighted by atomic mass is 32.2. The number of aryl methyl sites for hydroxylation is 1. The first-order chi connectivity index (χ1) is 9.81. The summed E-state index contributed by atoms with van der Waals surface area (Å²) in [5.41, 5.74) is -0.164. The summed E-state index contributed by atoms with van der Waals surface area (Å²) in [4.78, 5) is 10.9. The first kappa shape index (κ1) is 15.7. The smallest absolute Gasteiger partial charge is 0.339 e. The first-order valence-corrected chi connectivity index (χ1v) is 7.96. The molecule has 0 amide bonds. The van der Waals surface area contributed by atoms with E-state index in [9.17, 15) is 18.3 Å². The highest BCUT2D eigenvalue weighted by Crippen LogP contribution is 2.26. The molecule has 1 aromatic carbocycles. The lowest BCUT2D eigenvalue weighted by Gasteiger charge is -2.23. The Bertz CT molecular complexity index is 649. The number of aromatic carboxylic acids is 1. The fourth-order valence-electron chi connectivity index (χ4n) is 2.25. The Morgan fingerprint density at radius 3 is 2.71 bits per heavy atom. The van der Waals surface area contributed by atoms with Crippen LogP contribution in [0.2, 0.25) is 0 Å². The van der Waals surface area contributed by atoms with Crippen LogP contribution in [-0.4, -0.2) is 43.9 Å². The van der Waals surface area contributed by atoms with Crippen molar-refractivity contribution in [2.24, 2.45) is 0 Å². The van der Waals surface area contributed by atoms with Crippen molar-refractivity contribution in [2.75, 3.05) is 13.2 Å². The Kier molecular flexibility index (Phi) is 4.50. The van der Waals surface area contributed by atoms with Gasteiger partial charge < -0.3 is 14.9 Å². The number of carbonyl (C=O) groups is 1. The number of nitrogens with one attached hydrogen (secondary N) is 1. The first-order valence-electron chi connectivity index (χ1n) is 6.48. The normalized spacial score (nSPS) is 19.4. The quantitative estimate of drug-likeness (QED) is 0.759. The van der Waals surface area contributed by atoms with Gasteiger partial charge in [-0.3, -0.25) is 0 Å². The number of carboxylic acids is 1. The van der Waals surface area contributed by atoms with Crippen molar-refractivity contribution in [3.63, 3.8) is 0 Å². The Hall–Kier alpha value is -1.64. The lowest BCUT2D eigenvalue weighted by Crippen LogP contribution is -2.40. The van der Waals surface area contributed by atoms with Crippen LogP contribution in [0, 0.1) is 6.92 Å². The number of sulfonamides is 1. The predicted molar refractivity (Wildman–Crippen MR) is 74.0 cm³/mol. The van der Waals surface area contributed by atoms with E-state index in [-0.39, 0.29) is 16.5 Å². The van der Waals surface area contributed by atoms with Gasteiger partial charge in [0.1, 0.15) is 11.3 Å². The molecule has 116 valence electrons. The molecule has 1 aliphatic heterocycles. The molecule has 0 spiro atoms. The molecule has 2 rings (SSSR count). The highest BCUT2D eigenvalue weighted by Gasteiger charge is 2.25. The largest absolute Gasteiger partial charge is 0.507 e. The van der Waals surface area contributed by atoms with E-state index in [0.29, 0.717) is 19.6 Å². The summed E-state index contributed by atoms with van der Waals surface area (Å²) in [6.07, 6.45) is 1.43. The van der Waals surface area contributed by atoms with Gasteiger partial charge in [0.05, 0.1) is 11.5 Å². The lowest BCUT2D eigenvalue weighted by molar-refractivity contribution is 0.0693. The van der Waals surface area contributed by atoms with Crippen molar-refractivity contribution in [3.8, 4) is 5.75 Å². The Morgan fingerprint density at radius 2 is 2.14 bits per heavy atom. The van der Waals surface area contributed by atoms with Crippen molar-refractivity contribution in [2.45, 2.75) is 30.7 Å². The summed E-state index contributed by atoms with van der Waals surface area (Å²) in [7, 11) is -3.87. The molecule has 1 atom stereocenters. The topological polar surface area (TPSA) is 113 Å². The molecule has 1 aliphatic rings. The number of carboxylic acid groups (broad SMARTS) is 1. The zero-order valence-corrected chi connectivity index (χ0v) is 12.3. The van der Waals surface area contributed by atoms with Gasteiger partial charge in [-0.25, -0.2) is 17.9 Å². The van der Waals surface area contributed by atoms with Gasteiger partial charge in [0.15, 0.2) is 0 Å². The third-order valence-electron chi connectivity index (χ3n) is 3.30. The Labute approximate surface area is 122 Å². The summed E-state index contributed by atoms with van der Waals surface area (Å²) in [5.74, 6) is -1.84. The van der Waals surface area contributed by atoms with E-state index in [2.05, 4.69) is 4.72 Å². The van der Waals surface area contributed by atoms with Gasteiger partial charge in [-0.15, -0.1) is 0 Å². The average Bonchev–Trinajstić information content (AvgIpc) is 2.38. The third kappa shape index (κ3) is 3.52. The van der Waals surface area contributed by atoms with Gasteiger partial charge in [0, 0.05) is 12.6 Å². The predicted octanol–water partition coefficient (Wildman–Crippen LogP) is 0.856. The van der Waals surface area contributed by atoms with Crippen LogP contribution in [0.25, 0.3) is 0 Å². The van der Waals surface area contributed by atoms with E-state index in [4.69, 9.17) is 9.84 Å². The van der Waals surface area contributed by atoms with Gasteiger partial charge in [0.25, 0.3) is 0 Å². The molecule has 0 saturated carbocycles. The maximum Gasteiger partial charge on any atom is 0.339 e. The standard InChI is InChI=1S/C13H17NO6S/c1-8-5-11(15)10(13(16)17)6-12(8)21(18,19)14-9-3-2-4-20-7-9/h5-6,9,14-15H,2-4,7H2,1H3,(H,16,17). The van der Waals surface area contributed by atoms with Gasteiger partial charge in [0.2, 0.25) is 10.0 Å². The highest BCUT2D eigenvalue weighted by molar-refractivity contribution is 7.89. The van der Waals surface area contributed by atoms with Crippen molar-refractivity contribution >= 4 is 16.0 Å². The fraction of sp³-hybridized carbons (Fsp3) is 0.462. The van der Waals surface area contributed by atoms with E-state index in [1.807, 2.05) is 0 Å². The minimum Gasteiger partial charge on any atom is -0.507 e. The molecule has 21 heavy (non-hydrogen) atoms. The van der Waals surface area contributed by atoms with Crippen LogP contribution in [0.15, 0.2) is 17.0 Å². The summed E-state index contributed by atoms with van der Waals surface area (Å²) in [6, 6.07) is 1.78. The molecule has 1 saturated heterocycles. The molecule has 1 unspecified atom stereocenters. The van der Waals surface area contributed by atoms with Crippen molar-refractivity contribution in [3.05, 3.63) is 23.3 Å². The van der Waals surface area contributed by atoms with Crippen LogP contribution >= 0.6 is 0 Å². The fourth-order valence-corrected chi connectivity index (χ4v) is 3.76. The maximum absolute atomic E-state index is 12.4. The monoisotopic (exact) mass is 315 g/mol. The molecule has 1 aromatic rings. The number of aromatic hydroxyl groups is 1. The van der Waals surface area contributed by atoms with Crippen LogP contribution in [-0.2, 0) is 14.8 Å². The van der Waals surface area contributed by atoms with Crippen LogP contribution in [0.3, 0.4) is 0 Å². The summed E-state index contributed by atoms with van der Waals surface area (Å²) >= 11 is 0. The number of rotatable bonds is 4. The summed E-state index contributed by atoms with van der Waals surface area (Å²) in [6.45, 7) is 2.40. The molecular formula is C13H17NO6S. The van der Waals surface area contributed by atoms with E-state index in [1.165, 1.54) is 6.92 Å². The lowest BCUT2D eigenvalue weighted by atomic mass is 10.1. The summed E-state index contributed by atoms with van der Waals surface area (Å²) < 4.78 is 32.5. The second kappa shape index (κ2) is 6.00. The molecule has 3 N–H and O–H groups in total. The van der Waals surface area contributed by atoms with Crippen LogP contribution in [0.1, 0.15) is 28.8 Å². The molecule has 1 heterocycles. The molecule has 1 fully saturated rings. The van der Waals surface area contributed by atoms with Gasteiger partial charge in [-0.1, -0.05) is 0 Å². The Morgan fingerprint density at radius 1 is 1.43 bits per heavy atom. The average molecular weight is 315 g/mol. The number of hydrogen-bond donors (Lipinski definition) is 3. The van der Waals surface area contributed by atoms with Gasteiger partial charge in [-0.2, -0.15) is 0 Å². The molecule has 8 heteroatoms. The summed E-state index contributed by atoms with van der Waals surface area (Å²) in [5, 5.41) is 18.5. The van der Waals surface area contributed by atoms with E-state index in [0.717, 1.165) is 18.6 Å². The van der Waals surface area contributed by atoms with Crippen molar-refractivity contribution in [1.29, 1.82) is 0 Å². The van der Waals surface area contributed by atoms with E-state index < -0.39 is 27.3 Å². The minimum atomic E-state index is -3.87. The Balaban J connectivity index is 2.34. The van der Waals surface area contributed by atoms with E-state index >= 15 is 0 Å². The molecule has 0 radical (unpaired) electrons. The van der Waals surface area contributed by atoms with Crippen LogP contribution in [0.5, 0.6) is 5.75 Å². The molecule has 7 nitrogen and oxygen atoms in total. The van der Waals surface area contributed by atoms with Crippen LogP contribution in [0.4, 0.5) is 0 Å². The molecule has 0 bridgehead atoms. The minimum absolute atomic E-state index is 0.150. The second-order valence-corrected chi connectivity index (χ2v) is 6.66. The molecular weight excluding hydrogens is 298 g/mol. The SMILES string of the molecule is Cc1cc(O)c(C(=O)O)cc1S(=O)(=O)NC1CCCOC1. The zero-order valence-electron chi connectivity index (χ0n) is 11.5. The number of phenols is 1. The molecule has 0 aliphatic carbocycles. The second-order valence-electron chi connectivity index (χ2n) is 4.98.